The molecule has 0 amide bonds. The Balaban J connectivity index is 1.25. The van der Waals surface area contributed by atoms with Gasteiger partial charge in [0.15, 0.2) is 5.82 Å². The number of aromatic nitrogens is 3. The second kappa shape index (κ2) is 10.9. The molecule has 34 heavy (non-hydrogen) atoms. The van der Waals surface area contributed by atoms with Crippen LogP contribution in [0.2, 0.25) is 0 Å². The average molecular weight is 497 g/mol. The third kappa shape index (κ3) is 4.99. The van der Waals surface area contributed by atoms with Crippen LogP contribution in [0.4, 0.5) is 0 Å². The van der Waals surface area contributed by atoms with Gasteiger partial charge in [-0.05, 0) is 92.5 Å². The molecule has 5 rings (SSSR count). The molecule has 3 aromatic heterocycles. The van der Waals surface area contributed by atoms with Gasteiger partial charge in [-0.1, -0.05) is 6.92 Å². The van der Waals surface area contributed by atoms with Gasteiger partial charge in [-0.25, -0.2) is 4.98 Å². The summed E-state index contributed by atoms with van der Waals surface area (Å²) in [4.78, 5) is 4.80. The second-order valence-corrected chi connectivity index (χ2v) is 10.2. The van der Waals surface area contributed by atoms with Gasteiger partial charge in [0.2, 0.25) is 0 Å². The normalized spacial score (nSPS) is 16.6. The number of hydrogen-bond donors (Lipinski definition) is 1. The number of rotatable bonds is 9. The summed E-state index contributed by atoms with van der Waals surface area (Å²) in [6.07, 6.45) is 8.67. The summed E-state index contributed by atoms with van der Waals surface area (Å²) in [5.74, 6) is 2.78. The standard InChI is InChI=1S/C26H32N4O2S2/c1-3-19-18-28-26(24-17-25-23(11-16-34-25)30(24)33-2)29(19)14-15-31-20-6-8-22(9-7-20)32-21-5-4-12-27-13-10-21/h6-9,11,16-18,21,27H,3-5,10,12-15H2,1-2H3. The highest BCUT2D eigenvalue weighted by atomic mass is 32.2. The lowest BCUT2D eigenvalue weighted by Gasteiger charge is -2.17. The van der Waals surface area contributed by atoms with Crippen molar-refractivity contribution in [3.63, 3.8) is 0 Å². The van der Waals surface area contributed by atoms with E-state index in [1.54, 1.807) is 23.3 Å². The van der Waals surface area contributed by atoms with Crippen molar-refractivity contribution >= 4 is 33.5 Å². The van der Waals surface area contributed by atoms with Crippen LogP contribution in [-0.2, 0) is 13.0 Å². The number of nitrogens with one attached hydrogen (secondary N) is 1. The van der Waals surface area contributed by atoms with Crippen molar-refractivity contribution in [3.05, 3.63) is 53.7 Å². The number of benzene rings is 1. The Morgan fingerprint density at radius 2 is 2.00 bits per heavy atom. The Bertz CT molecular complexity index is 1200. The van der Waals surface area contributed by atoms with Crippen LogP contribution in [0.25, 0.3) is 21.7 Å². The van der Waals surface area contributed by atoms with E-state index < -0.39 is 0 Å². The number of nitrogens with zero attached hydrogens (tertiary/aromatic N) is 3. The maximum atomic E-state index is 6.18. The van der Waals surface area contributed by atoms with Gasteiger partial charge in [-0.3, -0.25) is 3.97 Å². The predicted octanol–water partition coefficient (Wildman–Crippen LogP) is 5.85. The van der Waals surface area contributed by atoms with Crippen molar-refractivity contribution in [2.75, 3.05) is 26.0 Å². The summed E-state index contributed by atoms with van der Waals surface area (Å²) >= 11 is 3.49. The molecule has 1 unspecified atom stereocenters. The van der Waals surface area contributed by atoms with E-state index in [0.29, 0.717) is 12.7 Å². The van der Waals surface area contributed by atoms with E-state index in [0.717, 1.165) is 61.9 Å². The minimum Gasteiger partial charge on any atom is -0.492 e. The summed E-state index contributed by atoms with van der Waals surface area (Å²) in [6, 6.07) is 12.5. The molecule has 0 saturated carbocycles. The van der Waals surface area contributed by atoms with E-state index in [1.807, 2.05) is 30.5 Å². The van der Waals surface area contributed by atoms with Gasteiger partial charge >= 0.3 is 0 Å². The molecule has 1 saturated heterocycles. The Morgan fingerprint density at radius 3 is 2.82 bits per heavy atom. The van der Waals surface area contributed by atoms with E-state index in [9.17, 15) is 0 Å². The molecule has 1 N–H and O–H groups in total. The van der Waals surface area contributed by atoms with Gasteiger partial charge < -0.3 is 19.4 Å². The van der Waals surface area contributed by atoms with E-state index in [-0.39, 0.29) is 0 Å². The van der Waals surface area contributed by atoms with Crippen LogP contribution < -0.4 is 14.8 Å². The van der Waals surface area contributed by atoms with Crippen LogP contribution in [0.15, 0.2) is 48.0 Å². The quantitative estimate of drug-likeness (QED) is 0.315. The first-order valence-corrected chi connectivity index (χ1v) is 14.1. The minimum atomic E-state index is 0.296. The molecule has 8 heteroatoms. The van der Waals surface area contributed by atoms with E-state index in [1.165, 1.54) is 22.3 Å². The zero-order valence-corrected chi connectivity index (χ0v) is 21.5. The molecule has 0 spiro atoms. The third-order valence-electron chi connectivity index (χ3n) is 6.32. The second-order valence-electron chi connectivity index (χ2n) is 8.50. The van der Waals surface area contributed by atoms with Gasteiger partial charge in [0.25, 0.3) is 0 Å². The van der Waals surface area contributed by atoms with E-state index in [2.05, 4.69) is 44.5 Å². The molecule has 1 fully saturated rings. The highest BCUT2D eigenvalue weighted by Gasteiger charge is 2.18. The van der Waals surface area contributed by atoms with Crippen LogP contribution in [0.1, 0.15) is 31.9 Å². The number of imidazole rings is 1. The number of ether oxygens (including phenoxy) is 2. The van der Waals surface area contributed by atoms with Crippen molar-refractivity contribution in [2.45, 2.75) is 45.3 Å². The summed E-state index contributed by atoms with van der Waals surface area (Å²) in [6.45, 7) is 5.62. The summed E-state index contributed by atoms with van der Waals surface area (Å²) in [5.41, 5.74) is 3.61. The predicted molar refractivity (Wildman–Crippen MR) is 142 cm³/mol. The fraction of sp³-hybridized carbons (Fsp3) is 0.423. The number of aryl methyl sites for hydroxylation is 1. The fourth-order valence-electron chi connectivity index (χ4n) is 4.57. The molecular weight excluding hydrogens is 464 g/mol. The molecule has 180 valence electrons. The average Bonchev–Trinajstić information content (AvgIpc) is 3.50. The van der Waals surface area contributed by atoms with Gasteiger partial charge in [-0.2, -0.15) is 0 Å². The zero-order valence-electron chi connectivity index (χ0n) is 19.8. The largest absolute Gasteiger partial charge is 0.492 e. The van der Waals surface area contributed by atoms with Crippen molar-refractivity contribution in [1.82, 2.24) is 18.8 Å². The van der Waals surface area contributed by atoms with Crippen molar-refractivity contribution in [3.8, 4) is 23.0 Å². The Morgan fingerprint density at radius 1 is 1.15 bits per heavy atom. The van der Waals surface area contributed by atoms with Gasteiger partial charge in [0.05, 0.1) is 28.6 Å². The van der Waals surface area contributed by atoms with Crippen LogP contribution in [0, 0.1) is 0 Å². The first-order valence-electron chi connectivity index (χ1n) is 12.0. The monoisotopic (exact) mass is 496 g/mol. The first kappa shape index (κ1) is 23.3. The molecule has 0 bridgehead atoms. The Kier molecular flexibility index (Phi) is 7.47. The summed E-state index contributed by atoms with van der Waals surface area (Å²) in [7, 11) is 0. The summed E-state index contributed by atoms with van der Waals surface area (Å²) in [5, 5.41) is 5.57. The van der Waals surface area contributed by atoms with Gasteiger partial charge in [-0.15, -0.1) is 11.3 Å². The van der Waals surface area contributed by atoms with E-state index >= 15 is 0 Å². The highest BCUT2D eigenvalue weighted by Crippen LogP contribution is 2.34. The van der Waals surface area contributed by atoms with Crippen LogP contribution >= 0.6 is 23.3 Å². The SMILES string of the molecule is CCc1cnc(-c2cc3sccc3n2SC)n1CCOc1ccc(OC2CCCNCC2)cc1. The van der Waals surface area contributed by atoms with Crippen molar-refractivity contribution in [2.24, 2.45) is 0 Å². The molecule has 0 aliphatic carbocycles. The Hall–Kier alpha value is -2.42. The van der Waals surface area contributed by atoms with Crippen molar-refractivity contribution in [1.29, 1.82) is 0 Å². The van der Waals surface area contributed by atoms with Crippen LogP contribution in [-0.4, -0.2) is 45.6 Å². The lowest BCUT2D eigenvalue weighted by molar-refractivity contribution is 0.187. The molecule has 0 radical (unpaired) electrons. The maximum Gasteiger partial charge on any atom is 0.157 e. The fourth-order valence-corrected chi connectivity index (χ4v) is 6.12. The smallest absolute Gasteiger partial charge is 0.157 e. The van der Waals surface area contributed by atoms with E-state index in [4.69, 9.17) is 14.5 Å². The van der Waals surface area contributed by atoms with Gasteiger partial charge in [0, 0.05) is 18.1 Å². The molecule has 1 aromatic carbocycles. The number of fused-ring (bicyclic) bond motifs is 1. The first-order chi connectivity index (χ1) is 16.8. The molecule has 4 heterocycles. The molecule has 4 aromatic rings. The number of thiophene rings is 1. The number of hydrogen-bond acceptors (Lipinski definition) is 6. The third-order valence-corrected chi connectivity index (χ3v) is 7.94. The highest BCUT2D eigenvalue weighted by molar-refractivity contribution is 7.97. The topological polar surface area (TPSA) is 53.2 Å². The van der Waals surface area contributed by atoms with Crippen LogP contribution in [0.3, 0.4) is 0 Å². The molecular formula is C26H32N4O2S2. The minimum absolute atomic E-state index is 0.296. The van der Waals surface area contributed by atoms with Crippen molar-refractivity contribution < 1.29 is 9.47 Å². The van der Waals surface area contributed by atoms with Crippen LogP contribution in [0.5, 0.6) is 11.5 Å². The molecule has 1 aliphatic heterocycles. The zero-order chi connectivity index (χ0) is 23.3. The van der Waals surface area contributed by atoms with Gasteiger partial charge in [0.1, 0.15) is 18.1 Å². The maximum absolute atomic E-state index is 6.18. The lowest BCUT2D eigenvalue weighted by atomic mass is 10.1. The Labute approximate surface area is 209 Å². The lowest BCUT2D eigenvalue weighted by Crippen LogP contribution is -2.19. The molecule has 1 aliphatic rings. The molecule has 1 atom stereocenters. The summed E-state index contributed by atoms with van der Waals surface area (Å²) < 4.78 is 18.1. The molecule has 6 nitrogen and oxygen atoms in total.